The normalized spacial score (nSPS) is 23.2. The smallest absolute Gasteiger partial charge is 0.227 e. The summed E-state index contributed by atoms with van der Waals surface area (Å²) in [6, 6.07) is 3.11. The van der Waals surface area contributed by atoms with E-state index in [2.05, 4.69) is 32.5 Å². The molecule has 3 unspecified atom stereocenters. The van der Waals surface area contributed by atoms with Gasteiger partial charge in [-0.2, -0.15) is 0 Å². The molecular formula is C27H26F2N6O. The fraction of sp³-hybridized carbons (Fsp3) is 0.333. The third-order valence-corrected chi connectivity index (χ3v) is 7.25. The van der Waals surface area contributed by atoms with Crippen molar-refractivity contribution in [2.75, 3.05) is 11.9 Å². The predicted molar refractivity (Wildman–Crippen MR) is 131 cm³/mol. The van der Waals surface area contributed by atoms with E-state index >= 15 is 4.39 Å². The van der Waals surface area contributed by atoms with Crippen LogP contribution in [0.3, 0.4) is 0 Å². The van der Waals surface area contributed by atoms with E-state index < -0.39 is 11.6 Å². The summed E-state index contributed by atoms with van der Waals surface area (Å²) in [6.45, 7) is 4.52. The summed E-state index contributed by atoms with van der Waals surface area (Å²) >= 11 is 0. The highest BCUT2D eigenvalue weighted by atomic mass is 19.1. The Labute approximate surface area is 207 Å². The first-order chi connectivity index (χ1) is 17.4. The molecule has 6 rings (SSSR count). The molecule has 3 atom stereocenters. The number of allylic oxidation sites excluding steroid dienone is 2. The lowest BCUT2D eigenvalue weighted by atomic mass is 9.76. The minimum atomic E-state index is -0.620. The molecule has 1 saturated carbocycles. The van der Waals surface area contributed by atoms with Crippen molar-refractivity contribution in [3.63, 3.8) is 0 Å². The van der Waals surface area contributed by atoms with Crippen LogP contribution in [0.5, 0.6) is 0 Å². The van der Waals surface area contributed by atoms with Crippen LogP contribution in [0.25, 0.3) is 17.1 Å². The van der Waals surface area contributed by atoms with Gasteiger partial charge < -0.3 is 15.2 Å². The topological polar surface area (TPSA) is 84.7 Å². The second-order valence-corrected chi connectivity index (χ2v) is 9.92. The van der Waals surface area contributed by atoms with Crippen molar-refractivity contribution in [2.45, 2.75) is 32.6 Å². The number of benzene rings is 1. The summed E-state index contributed by atoms with van der Waals surface area (Å²) in [5.74, 6) is -0.331. The molecule has 1 aromatic carbocycles. The molecule has 2 fully saturated rings. The maximum absolute atomic E-state index is 15.2. The second kappa shape index (κ2) is 8.65. The van der Waals surface area contributed by atoms with Crippen molar-refractivity contribution >= 4 is 11.7 Å². The summed E-state index contributed by atoms with van der Waals surface area (Å²) in [6.07, 6.45) is 12.4. The summed E-state index contributed by atoms with van der Waals surface area (Å²) in [5, 5.41) is 5.94. The van der Waals surface area contributed by atoms with Gasteiger partial charge in [-0.15, -0.1) is 0 Å². The zero-order chi connectivity index (χ0) is 25.0. The lowest BCUT2D eigenvalue weighted by molar-refractivity contribution is -0.127. The number of fused-ring (bicyclic) bond motifs is 1. The van der Waals surface area contributed by atoms with Crippen molar-refractivity contribution in [1.29, 1.82) is 0 Å². The van der Waals surface area contributed by atoms with Crippen molar-refractivity contribution < 1.29 is 13.6 Å². The van der Waals surface area contributed by atoms with Gasteiger partial charge in [0.25, 0.3) is 0 Å². The highest BCUT2D eigenvalue weighted by Gasteiger charge is 2.35. The zero-order valence-electron chi connectivity index (χ0n) is 20.0. The third-order valence-electron chi connectivity index (χ3n) is 7.25. The number of aromatic nitrogens is 4. The standard InChI is InChI=1S/C27H26F2N6O/c1-14-7-24(35-12-23(32-13-35)16-3-4-16)21(28)9-20(14)25-30-11-22(29)26(34-25)33-17-5-6-18-19(8-17)15(2)10-31-27(18)36/h5-9,11-13,15-16,18-19H,3-4,10H2,1-2H3,(H,31,36)(H,30,33,34). The summed E-state index contributed by atoms with van der Waals surface area (Å²) in [4.78, 5) is 25.1. The van der Waals surface area contributed by atoms with Crippen molar-refractivity contribution in [3.8, 4) is 17.1 Å². The van der Waals surface area contributed by atoms with Crippen LogP contribution >= 0.6 is 0 Å². The minimum Gasteiger partial charge on any atom is -0.355 e. The molecule has 0 bridgehead atoms. The molecule has 9 heteroatoms. The van der Waals surface area contributed by atoms with Crippen LogP contribution in [0, 0.1) is 36.3 Å². The first-order valence-corrected chi connectivity index (χ1v) is 12.2. The van der Waals surface area contributed by atoms with E-state index in [1.807, 2.05) is 25.3 Å². The first kappa shape index (κ1) is 22.6. The highest BCUT2D eigenvalue weighted by molar-refractivity contribution is 5.82. The number of halogens is 2. The number of carbonyl (C=O) groups is 1. The molecule has 3 heterocycles. The quantitative estimate of drug-likeness (QED) is 0.546. The van der Waals surface area contributed by atoms with Gasteiger partial charge in [-0.3, -0.25) is 4.79 Å². The van der Waals surface area contributed by atoms with Gasteiger partial charge in [-0.1, -0.05) is 19.1 Å². The SMILES string of the molecule is Cc1cc(-n2cnc(C3CC3)c2)c(F)cc1-c1ncc(F)c(NC2=CC3C(C)CNC(=O)C3C=C2)n1. The zero-order valence-corrected chi connectivity index (χ0v) is 20.0. The van der Waals surface area contributed by atoms with Gasteiger partial charge in [-0.05, 0) is 55.4 Å². The number of hydrogen-bond donors (Lipinski definition) is 2. The van der Waals surface area contributed by atoms with E-state index in [0.717, 1.165) is 30.3 Å². The van der Waals surface area contributed by atoms with Gasteiger partial charge in [0, 0.05) is 29.9 Å². The third kappa shape index (κ3) is 4.08. The molecule has 3 aromatic rings. The first-order valence-electron chi connectivity index (χ1n) is 12.2. The second-order valence-electron chi connectivity index (χ2n) is 9.92. The molecule has 3 aliphatic rings. The van der Waals surface area contributed by atoms with Gasteiger partial charge in [0.15, 0.2) is 17.5 Å². The molecule has 2 N–H and O–H groups in total. The molecule has 1 amide bonds. The van der Waals surface area contributed by atoms with Crippen LogP contribution in [0.1, 0.15) is 36.9 Å². The number of imidazole rings is 1. The summed E-state index contributed by atoms with van der Waals surface area (Å²) in [7, 11) is 0. The summed E-state index contributed by atoms with van der Waals surface area (Å²) < 4.78 is 31.5. The number of nitrogens with one attached hydrogen (secondary N) is 2. The fourth-order valence-corrected chi connectivity index (χ4v) is 4.97. The average molecular weight is 489 g/mol. The molecular weight excluding hydrogens is 462 g/mol. The van der Waals surface area contributed by atoms with Gasteiger partial charge in [0.1, 0.15) is 5.82 Å². The molecule has 0 spiro atoms. The molecule has 0 radical (unpaired) electrons. The largest absolute Gasteiger partial charge is 0.355 e. The van der Waals surface area contributed by atoms with E-state index in [1.54, 1.807) is 23.0 Å². The van der Waals surface area contributed by atoms with E-state index in [1.165, 1.54) is 6.07 Å². The fourth-order valence-electron chi connectivity index (χ4n) is 4.97. The van der Waals surface area contributed by atoms with Gasteiger partial charge in [0.05, 0.1) is 29.8 Å². The Morgan fingerprint density at radius 1 is 1.17 bits per heavy atom. The molecule has 1 aliphatic heterocycles. The molecule has 2 aromatic heterocycles. The van der Waals surface area contributed by atoms with Crippen LogP contribution in [0.4, 0.5) is 14.6 Å². The Morgan fingerprint density at radius 2 is 2.00 bits per heavy atom. The van der Waals surface area contributed by atoms with Crippen LogP contribution in [-0.2, 0) is 4.79 Å². The predicted octanol–water partition coefficient (Wildman–Crippen LogP) is 4.66. The van der Waals surface area contributed by atoms with Crippen molar-refractivity contribution in [2.24, 2.45) is 17.8 Å². The average Bonchev–Trinajstić information content (AvgIpc) is 3.61. The Kier molecular flexibility index (Phi) is 5.43. The molecule has 7 nitrogen and oxygen atoms in total. The van der Waals surface area contributed by atoms with Crippen LogP contribution < -0.4 is 10.6 Å². The van der Waals surface area contributed by atoms with Crippen LogP contribution in [0.15, 0.2) is 54.8 Å². The number of piperidine rings is 1. The molecule has 184 valence electrons. The number of nitrogens with zero attached hydrogens (tertiary/aromatic N) is 4. The number of hydrogen-bond acceptors (Lipinski definition) is 5. The maximum atomic E-state index is 15.2. The molecule has 1 saturated heterocycles. The van der Waals surface area contributed by atoms with Gasteiger partial charge >= 0.3 is 0 Å². The van der Waals surface area contributed by atoms with E-state index in [4.69, 9.17) is 0 Å². The number of rotatable bonds is 5. The number of anilines is 1. The molecule has 36 heavy (non-hydrogen) atoms. The maximum Gasteiger partial charge on any atom is 0.227 e. The monoisotopic (exact) mass is 488 g/mol. The lowest BCUT2D eigenvalue weighted by Gasteiger charge is -2.35. The van der Waals surface area contributed by atoms with Gasteiger partial charge in [0.2, 0.25) is 5.91 Å². The van der Waals surface area contributed by atoms with Crippen molar-refractivity contribution in [1.82, 2.24) is 24.8 Å². The van der Waals surface area contributed by atoms with Crippen molar-refractivity contribution in [3.05, 3.63) is 77.7 Å². The van der Waals surface area contributed by atoms with Crippen LogP contribution in [0.2, 0.25) is 0 Å². The highest BCUT2D eigenvalue weighted by Crippen LogP contribution is 2.39. The Bertz CT molecular complexity index is 1420. The van der Waals surface area contributed by atoms with E-state index in [9.17, 15) is 9.18 Å². The number of aryl methyl sites for hydroxylation is 1. The van der Waals surface area contributed by atoms with Crippen LogP contribution in [-0.4, -0.2) is 32.0 Å². The Balaban J connectivity index is 1.28. The van der Waals surface area contributed by atoms with E-state index in [-0.39, 0.29) is 35.3 Å². The minimum absolute atomic E-state index is 0.000516. The Morgan fingerprint density at radius 3 is 2.81 bits per heavy atom. The Hall–Kier alpha value is -3.88. The molecule has 2 aliphatic carbocycles. The summed E-state index contributed by atoms with van der Waals surface area (Å²) in [5.41, 5.74) is 3.27. The van der Waals surface area contributed by atoms with Gasteiger partial charge in [-0.25, -0.2) is 23.7 Å². The number of carbonyl (C=O) groups excluding carboxylic acids is 1. The number of amides is 1. The van der Waals surface area contributed by atoms with E-state index in [0.29, 0.717) is 29.4 Å². The lowest BCUT2D eigenvalue weighted by Crippen LogP contribution is -2.46.